The molecule has 0 aromatic heterocycles. The van der Waals surface area contributed by atoms with Gasteiger partial charge in [0.2, 0.25) is 5.91 Å². The lowest BCUT2D eigenvalue weighted by molar-refractivity contribution is -0.128. The van der Waals surface area contributed by atoms with Gasteiger partial charge in [0, 0.05) is 6.54 Å². The third-order valence-electron chi connectivity index (χ3n) is 3.35. The molecule has 0 spiro atoms. The van der Waals surface area contributed by atoms with Gasteiger partial charge in [0.05, 0.1) is 78.0 Å². The van der Waals surface area contributed by atoms with Gasteiger partial charge >= 0.3 is 0 Å². The van der Waals surface area contributed by atoms with Crippen LogP contribution in [0.15, 0.2) is 0 Å². The predicted molar refractivity (Wildman–Crippen MR) is 107 cm³/mol. The molecule has 0 aromatic carbocycles. The molecule has 1 N–H and O–H groups in total. The van der Waals surface area contributed by atoms with Gasteiger partial charge < -0.3 is 33.7 Å². The van der Waals surface area contributed by atoms with Crippen molar-refractivity contribution in [3.05, 3.63) is 0 Å². The molecular weight excluding hydrogens is 438 g/mol. The maximum Gasteiger partial charge on any atom is 0.230 e. The molecule has 0 aromatic rings. The van der Waals surface area contributed by atoms with E-state index in [0.29, 0.717) is 84.6 Å². The van der Waals surface area contributed by atoms with Crippen molar-refractivity contribution in [2.45, 2.75) is 20.0 Å². The molecule has 0 aliphatic carbocycles. The lowest BCUT2D eigenvalue weighted by atomic mass is 10.3. The lowest BCUT2D eigenvalue weighted by Gasteiger charge is -2.10. The Hall–Kier alpha value is -0.620. The molecule has 9 nitrogen and oxygen atoms in total. The summed E-state index contributed by atoms with van der Waals surface area (Å²) in [4.78, 5) is 21.9. The van der Waals surface area contributed by atoms with E-state index in [0.717, 1.165) is 0 Å². The number of alkyl halides is 1. The van der Waals surface area contributed by atoms with E-state index in [1.165, 1.54) is 6.92 Å². The monoisotopic (exact) mass is 471 g/mol. The number of hydrogen-bond donors (Lipinski definition) is 1. The summed E-state index contributed by atoms with van der Waals surface area (Å²) in [7, 11) is 0. The lowest BCUT2D eigenvalue weighted by Crippen LogP contribution is -2.28. The molecule has 0 fully saturated rings. The van der Waals surface area contributed by atoms with Gasteiger partial charge in [-0.15, -0.1) is 0 Å². The largest absolute Gasteiger partial charge is 0.377 e. The second kappa shape index (κ2) is 21.1. The van der Waals surface area contributed by atoms with Crippen LogP contribution in [0.1, 0.15) is 13.8 Å². The molecule has 0 unspecified atom stereocenters. The smallest absolute Gasteiger partial charge is 0.230 e. The van der Waals surface area contributed by atoms with Gasteiger partial charge in [-0.2, -0.15) is 0 Å². The summed E-state index contributed by atoms with van der Waals surface area (Å²) in [6.07, 6.45) is -0.383. The number of carbonyl (C=O) groups excluding carboxylic acids is 2. The first-order valence-corrected chi connectivity index (χ1v) is 10.5. The SMILES string of the molecule is CC(=O)[C@H](C)OCCOCCOCCOCCOCCOCCNC(=O)CBr. The molecule has 1 atom stereocenters. The van der Waals surface area contributed by atoms with Gasteiger partial charge in [-0.05, 0) is 13.8 Å². The average molecular weight is 472 g/mol. The Bertz CT molecular complexity index is 387. The molecule has 0 heterocycles. The first-order chi connectivity index (χ1) is 13.6. The predicted octanol–water partition coefficient (Wildman–Crippen LogP) is 0.575. The zero-order valence-corrected chi connectivity index (χ0v) is 18.5. The second-order valence-electron chi connectivity index (χ2n) is 5.67. The number of halogens is 1. The van der Waals surface area contributed by atoms with Crippen LogP contribution in [0.25, 0.3) is 0 Å². The Morgan fingerprint density at radius 2 is 1.14 bits per heavy atom. The number of amides is 1. The highest BCUT2D eigenvalue weighted by Crippen LogP contribution is 1.92. The van der Waals surface area contributed by atoms with E-state index in [-0.39, 0.29) is 17.8 Å². The Balaban J connectivity index is 3.09. The van der Waals surface area contributed by atoms with Crippen molar-refractivity contribution in [3.63, 3.8) is 0 Å². The second-order valence-corrected chi connectivity index (χ2v) is 6.23. The minimum Gasteiger partial charge on any atom is -0.377 e. The van der Waals surface area contributed by atoms with Crippen LogP contribution in [-0.2, 0) is 38.0 Å². The first-order valence-electron chi connectivity index (χ1n) is 9.41. The van der Waals surface area contributed by atoms with Crippen LogP contribution in [0.3, 0.4) is 0 Å². The van der Waals surface area contributed by atoms with E-state index in [2.05, 4.69) is 21.2 Å². The van der Waals surface area contributed by atoms with Crippen molar-refractivity contribution in [2.24, 2.45) is 0 Å². The topological polar surface area (TPSA) is 102 Å². The van der Waals surface area contributed by atoms with Crippen molar-refractivity contribution in [1.82, 2.24) is 5.32 Å². The quantitative estimate of drug-likeness (QED) is 0.191. The molecule has 0 saturated heterocycles. The van der Waals surface area contributed by atoms with Crippen LogP contribution in [0.4, 0.5) is 0 Å². The number of nitrogens with one attached hydrogen (secondary N) is 1. The molecule has 1 amide bonds. The Morgan fingerprint density at radius 3 is 1.54 bits per heavy atom. The fourth-order valence-corrected chi connectivity index (χ4v) is 1.89. The van der Waals surface area contributed by atoms with Crippen molar-refractivity contribution in [3.8, 4) is 0 Å². The van der Waals surface area contributed by atoms with Gasteiger partial charge in [-0.25, -0.2) is 0 Å². The van der Waals surface area contributed by atoms with Crippen molar-refractivity contribution in [2.75, 3.05) is 84.6 Å². The van der Waals surface area contributed by atoms with Crippen LogP contribution < -0.4 is 5.32 Å². The summed E-state index contributed by atoms with van der Waals surface area (Å²) in [5, 5.41) is 2.98. The summed E-state index contributed by atoms with van der Waals surface area (Å²) in [5.41, 5.74) is 0. The van der Waals surface area contributed by atoms with Crippen LogP contribution in [0.2, 0.25) is 0 Å². The number of Topliss-reactive ketones (excluding diaryl/α,β-unsaturated/α-hetero) is 1. The number of carbonyl (C=O) groups is 2. The number of rotatable bonds is 21. The Morgan fingerprint density at radius 1 is 0.750 bits per heavy atom. The average Bonchev–Trinajstić information content (AvgIpc) is 2.69. The summed E-state index contributed by atoms with van der Waals surface area (Å²) < 4.78 is 32.0. The molecule has 0 radical (unpaired) electrons. The standard InChI is InChI=1S/C18H34BrNO8/c1-16(21)17(2)28-14-13-27-12-11-26-10-9-25-8-7-24-6-5-23-4-3-20-18(22)15-19/h17H,3-15H2,1-2H3,(H,20,22)/t17-/m0/s1. The molecule has 0 rings (SSSR count). The minimum atomic E-state index is -0.383. The number of ether oxygens (including phenoxy) is 6. The summed E-state index contributed by atoms with van der Waals surface area (Å²) in [5.74, 6) is -0.0475. The first kappa shape index (κ1) is 27.4. The molecular formula is C18H34BrNO8. The van der Waals surface area contributed by atoms with E-state index in [4.69, 9.17) is 28.4 Å². The van der Waals surface area contributed by atoms with E-state index >= 15 is 0 Å². The third-order valence-corrected chi connectivity index (χ3v) is 3.86. The van der Waals surface area contributed by atoms with E-state index in [1.54, 1.807) is 6.92 Å². The summed E-state index contributed by atoms with van der Waals surface area (Å²) in [6, 6.07) is 0. The third kappa shape index (κ3) is 20.1. The van der Waals surface area contributed by atoms with Crippen LogP contribution in [0.5, 0.6) is 0 Å². The highest BCUT2D eigenvalue weighted by Gasteiger charge is 2.06. The van der Waals surface area contributed by atoms with Crippen LogP contribution in [0, 0.1) is 0 Å². The normalized spacial score (nSPS) is 12.1. The summed E-state index contributed by atoms with van der Waals surface area (Å²) in [6.45, 7) is 8.89. The highest BCUT2D eigenvalue weighted by atomic mass is 79.9. The molecule has 0 aliphatic rings. The van der Waals surface area contributed by atoms with Crippen molar-refractivity contribution < 1.29 is 38.0 Å². The maximum absolute atomic E-state index is 11.0. The van der Waals surface area contributed by atoms with Gasteiger partial charge in [0.25, 0.3) is 0 Å². The Kier molecular flexibility index (Phi) is 20.6. The fraction of sp³-hybridized carbons (Fsp3) is 0.889. The summed E-state index contributed by atoms with van der Waals surface area (Å²) >= 11 is 3.06. The van der Waals surface area contributed by atoms with E-state index in [1.807, 2.05) is 0 Å². The van der Waals surface area contributed by atoms with Crippen molar-refractivity contribution >= 4 is 27.6 Å². The van der Waals surface area contributed by atoms with Crippen LogP contribution in [-0.4, -0.2) is 102 Å². The maximum atomic E-state index is 11.0. The molecule has 10 heteroatoms. The van der Waals surface area contributed by atoms with Gasteiger partial charge in [-0.3, -0.25) is 9.59 Å². The molecule has 0 saturated carbocycles. The van der Waals surface area contributed by atoms with Gasteiger partial charge in [-0.1, -0.05) is 15.9 Å². The number of hydrogen-bond acceptors (Lipinski definition) is 8. The zero-order valence-electron chi connectivity index (χ0n) is 16.9. The molecule has 0 bridgehead atoms. The van der Waals surface area contributed by atoms with Gasteiger partial charge in [0.1, 0.15) is 6.10 Å². The highest BCUT2D eigenvalue weighted by molar-refractivity contribution is 9.09. The zero-order chi connectivity index (χ0) is 20.9. The molecule has 0 aliphatic heterocycles. The number of ketones is 1. The Labute approximate surface area is 175 Å². The van der Waals surface area contributed by atoms with E-state index in [9.17, 15) is 9.59 Å². The van der Waals surface area contributed by atoms with Gasteiger partial charge in [0.15, 0.2) is 5.78 Å². The van der Waals surface area contributed by atoms with Crippen LogP contribution >= 0.6 is 15.9 Å². The van der Waals surface area contributed by atoms with E-state index < -0.39 is 0 Å². The molecule has 28 heavy (non-hydrogen) atoms. The fourth-order valence-electron chi connectivity index (χ4n) is 1.69. The molecule has 166 valence electrons. The minimum absolute atomic E-state index is 0.00903. The van der Waals surface area contributed by atoms with Crippen molar-refractivity contribution in [1.29, 1.82) is 0 Å².